The van der Waals surface area contributed by atoms with Crippen LogP contribution in [0.25, 0.3) is 0 Å². The van der Waals surface area contributed by atoms with Crippen molar-refractivity contribution in [1.82, 2.24) is 0 Å². The van der Waals surface area contributed by atoms with Gasteiger partial charge in [0, 0.05) is 0 Å². The standard InChI is InChI=1S/C7H5BClF4.K/c9-7-5(4-8(11,12)13)2-1-3-6(7)10;/h1-3H,4H2;/q-1;+1. The number of rotatable bonds is 2. The number of hydrogen-bond acceptors (Lipinski definition) is 0. The Hall–Kier alpha value is 0.931. The first-order chi connectivity index (χ1) is 5.90. The monoisotopic (exact) mass is 250 g/mol. The molecule has 0 amide bonds. The number of benzene rings is 1. The average molecular weight is 250 g/mol. The molecule has 0 fully saturated rings. The van der Waals surface area contributed by atoms with Crippen LogP contribution in [0.1, 0.15) is 5.56 Å². The molecule has 0 unspecified atom stereocenters. The average Bonchev–Trinajstić information content (AvgIpc) is 1.96. The Kier molecular flexibility index (Phi) is 6.25. The fraction of sp³-hybridized carbons (Fsp3) is 0.143. The van der Waals surface area contributed by atoms with Gasteiger partial charge < -0.3 is 12.9 Å². The molecule has 0 nitrogen and oxygen atoms in total. The van der Waals surface area contributed by atoms with Gasteiger partial charge in [-0.15, -0.1) is 0 Å². The van der Waals surface area contributed by atoms with Gasteiger partial charge in [0.05, 0.1) is 5.02 Å². The van der Waals surface area contributed by atoms with Gasteiger partial charge in [0.2, 0.25) is 0 Å². The summed E-state index contributed by atoms with van der Waals surface area (Å²) in [7, 11) is 0. The van der Waals surface area contributed by atoms with E-state index in [-0.39, 0.29) is 56.9 Å². The summed E-state index contributed by atoms with van der Waals surface area (Å²) < 4.78 is 48.5. The molecule has 7 heteroatoms. The molecule has 0 bridgehead atoms. The van der Waals surface area contributed by atoms with E-state index in [9.17, 15) is 17.3 Å². The van der Waals surface area contributed by atoms with Crippen LogP contribution in [0, 0.1) is 5.82 Å². The van der Waals surface area contributed by atoms with E-state index in [4.69, 9.17) is 11.6 Å². The minimum Gasteiger partial charge on any atom is -0.449 e. The molecule has 1 aromatic carbocycles. The van der Waals surface area contributed by atoms with Crippen LogP contribution in [0.2, 0.25) is 5.02 Å². The van der Waals surface area contributed by atoms with Crippen LogP contribution in [0.4, 0.5) is 17.3 Å². The van der Waals surface area contributed by atoms with Crippen molar-refractivity contribution in [2.24, 2.45) is 0 Å². The zero-order valence-electron chi connectivity index (χ0n) is 7.41. The maximum Gasteiger partial charge on any atom is 1.00 e. The maximum atomic E-state index is 12.7. The van der Waals surface area contributed by atoms with E-state index in [1.165, 1.54) is 12.1 Å². The van der Waals surface area contributed by atoms with Crippen molar-refractivity contribution in [1.29, 1.82) is 0 Å². The Morgan fingerprint density at radius 3 is 2.29 bits per heavy atom. The van der Waals surface area contributed by atoms with E-state index >= 15 is 0 Å². The van der Waals surface area contributed by atoms with Gasteiger partial charge in [0.25, 0.3) is 0 Å². The molecule has 1 rings (SSSR count). The summed E-state index contributed by atoms with van der Waals surface area (Å²) in [6, 6.07) is 3.40. The third-order valence-electron chi connectivity index (χ3n) is 1.48. The fourth-order valence-electron chi connectivity index (χ4n) is 0.955. The van der Waals surface area contributed by atoms with Gasteiger partial charge in [-0.2, -0.15) is 0 Å². The van der Waals surface area contributed by atoms with Crippen molar-refractivity contribution in [3.05, 3.63) is 34.6 Å². The van der Waals surface area contributed by atoms with E-state index in [1.807, 2.05) is 0 Å². The minimum absolute atomic E-state index is 0. The predicted octanol–water partition coefficient (Wildman–Crippen LogP) is 0.412. The molecule has 0 heterocycles. The van der Waals surface area contributed by atoms with Gasteiger partial charge in [-0.25, -0.2) is 4.39 Å². The van der Waals surface area contributed by atoms with E-state index in [0.717, 1.165) is 6.07 Å². The summed E-state index contributed by atoms with van der Waals surface area (Å²) >= 11 is 5.33. The summed E-state index contributed by atoms with van der Waals surface area (Å²) in [6.45, 7) is -4.97. The molecule has 0 saturated carbocycles. The molecule has 0 aliphatic rings. The second kappa shape index (κ2) is 5.86. The molecular weight excluding hydrogens is 245 g/mol. The molecule has 0 spiro atoms. The number of hydrogen-bond donors (Lipinski definition) is 0. The van der Waals surface area contributed by atoms with Gasteiger partial charge in [-0.05, 0) is 6.07 Å². The molecule has 72 valence electrons. The van der Waals surface area contributed by atoms with Gasteiger partial charge in [0.1, 0.15) is 5.82 Å². The predicted molar refractivity (Wildman–Crippen MR) is 44.2 cm³/mol. The van der Waals surface area contributed by atoms with Crippen molar-refractivity contribution in [3.63, 3.8) is 0 Å². The van der Waals surface area contributed by atoms with E-state index in [1.54, 1.807) is 0 Å². The zero-order chi connectivity index (χ0) is 10.1. The summed E-state index contributed by atoms with van der Waals surface area (Å²) in [4.78, 5) is 0. The molecule has 14 heavy (non-hydrogen) atoms. The van der Waals surface area contributed by atoms with Crippen LogP contribution >= 0.6 is 11.6 Å². The summed E-state index contributed by atoms with van der Waals surface area (Å²) in [5, 5.41) is -0.443. The van der Waals surface area contributed by atoms with Crippen LogP contribution in [0.5, 0.6) is 0 Å². The normalized spacial score (nSPS) is 10.9. The maximum absolute atomic E-state index is 12.7. The SMILES string of the molecule is Fc1cccc(C[B-](F)(F)F)c1Cl.[K+]. The Morgan fingerprint density at radius 2 is 1.79 bits per heavy atom. The topological polar surface area (TPSA) is 0 Å². The third kappa shape index (κ3) is 4.63. The van der Waals surface area contributed by atoms with Crippen LogP contribution in [-0.2, 0) is 6.32 Å². The first kappa shape index (κ1) is 14.9. The molecule has 1 aromatic rings. The van der Waals surface area contributed by atoms with Crippen LogP contribution < -0.4 is 51.4 Å². The minimum atomic E-state index is -4.97. The largest absolute Gasteiger partial charge is 1.00 e. The van der Waals surface area contributed by atoms with Gasteiger partial charge in [-0.1, -0.05) is 35.6 Å². The van der Waals surface area contributed by atoms with Crippen molar-refractivity contribution in [2.75, 3.05) is 0 Å². The Bertz CT molecular complexity index is 315. The quantitative estimate of drug-likeness (QED) is 0.527. The van der Waals surface area contributed by atoms with Crippen molar-refractivity contribution < 1.29 is 68.7 Å². The van der Waals surface area contributed by atoms with Crippen molar-refractivity contribution in [3.8, 4) is 0 Å². The summed E-state index contributed by atoms with van der Waals surface area (Å²) in [5.41, 5.74) is -0.214. The van der Waals surface area contributed by atoms with Gasteiger partial charge >= 0.3 is 58.4 Å². The Balaban J connectivity index is 0.00000169. The molecule has 0 radical (unpaired) electrons. The molecular formula is C7H5BClF4K. The molecule has 0 N–H and O–H groups in total. The molecule has 0 aliphatic heterocycles. The molecule has 0 aliphatic carbocycles. The summed E-state index contributed by atoms with van der Waals surface area (Å²) in [6.07, 6.45) is -1.14. The Labute approximate surface area is 126 Å². The van der Waals surface area contributed by atoms with E-state index in [0.29, 0.717) is 0 Å². The van der Waals surface area contributed by atoms with Crippen molar-refractivity contribution >= 4 is 18.6 Å². The smallest absolute Gasteiger partial charge is 0.449 e. The van der Waals surface area contributed by atoms with Gasteiger partial charge in [0.15, 0.2) is 0 Å². The third-order valence-corrected chi connectivity index (χ3v) is 1.91. The fourth-order valence-corrected chi connectivity index (χ4v) is 1.16. The number of halogens is 5. The molecule has 0 atom stereocenters. The molecule has 0 saturated heterocycles. The van der Waals surface area contributed by atoms with Crippen LogP contribution in [-0.4, -0.2) is 6.98 Å². The first-order valence-electron chi connectivity index (χ1n) is 3.54. The van der Waals surface area contributed by atoms with Gasteiger partial charge in [-0.3, -0.25) is 0 Å². The zero-order valence-corrected chi connectivity index (χ0v) is 11.3. The van der Waals surface area contributed by atoms with Crippen LogP contribution in [0.3, 0.4) is 0 Å². The summed E-state index contributed by atoms with van der Waals surface area (Å²) in [5.74, 6) is -0.820. The van der Waals surface area contributed by atoms with Crippen LogP contribution in [0.15, 0.2) is 18.2 Å². The first-order valence-corrected chi connectivity index (χ1v) is 3.92. The Morgan fingerprint density at radius 1 is 1.21 bits per heavy atom. The van der Waals surface area contributed by atoms with E-state index in [2.05, 4.69) is 0 Å². The molecule has 0 aromatic heterocycles. The van der Waals surface area contributed by atoms with E-state index < -0.39 is 24.1 Å². The second-order valence-electron chi connectivity index (χ2n) is 2.63. The van der Waals surface area contributed by atoms with Crippen molar-refractivity contribution in [2.45, 2.75) is 6.32 Å². The second-order valence-corrected chi connectivity index (χ2v) is 3.01.